The predicted octanol–water partition coefficient (Wildman–Crippen LogP) is 3.36. The van der Waals surface area contributed by atoms with Crippen LogP contribution in [0.25, 0.3) is 0 Å². The molecule has 0 fully saturated rings. The summed E-state index contributed by atoms with van der Waals surface area (Å²) in [6.07, 6.45) is 0. The van der Waals surface area contributed by atoms with Gasteiger partial charge in [-0.1, -0.05) is 26.0 Å². The summed E-state index contributed by atoms with van der Waals surface area (Å²) < 4.78 is 48.1. The van der Waals surface area contributed by atoms with Gasteiger partial charge in [-0.05, 0) is 18.1 Å². The molecule has 0 aliphatic carbocycles. The maximum absolute atomic E-state index is 12.6. The van der Waals surface area contributed by atoms with E-state index < -0.39 is 20.5 Å². The lowest BCUT2D eigenvalue weighted by Gasteiger charge is -2.17. The molecule has 0 aromatic heterocycles. The lowest BCUT2D eigenvalue weighted by Crippen LogP contribution is -2.21. The van der Waals surface area contributed by atoms with Gasteiger partial charge < -0.3 is 5.32 Å². The average molecular weight is 312 g/mol. The zero-order chi connectivity index (χ0) is 14.6. The molecule has 7 heteroatoms. The molecule has 0 aliphatic heterocycles. The molecule has 0 bridgehead atoms. The molecule has 0 heterocycles. The first-order valence-corrected chi connectivity index (χ1v) is 7.74. The van der Waals surface area contributed by atoms with E-state index in [-0.39, 0.29) is 17.0 Å². The fourth-order valence-electron chi connectivity index (χ4n) is 1.40. The van der Waals surface area contributed by atoms with Gasteiger partial charge >= 0.3 is 5.76 Å². The van der Waals surface area contributed by atoms with Crippen molar-refractivity contribution < 1.29 is 17.2 Å². The van der Waals surface area contributed by atoms with Gasteiger partial charge in [0.25, 0.3) is 0 Å². The van der Waals surface area contributed by atoms with Crippen LogP contribution in [-0.4, -0.2) is 26.1 Å². The summed E-state index contributed by atoms with van der Waals surface area (Å²) in [7, 11) is -4.61. The Morgan fingerprint density at radius 2 is 1.84 bits per heavy atom. The van der Waals surface area contributed by atoms with E-state index in [4.69, 9.17) is 11.6 Å². The van der Waals surface area contributed by atoms with E-state index >= 15 is 0 Å². The molecule has 0 aliphatic rings. The van der Waals surface area contributed by atoms with Crippen molar-refractivity contribution in [1.82, 2.24) is 0 Å². The van der Waals surface area contributed by atoms with Crippen molar-refractivity contribution in [3.05, 3.63) is 24.3 Å². The van der Waals surface area contributed by atoms with Gasteiger partial charge in [0, 0.05) is 6.54 Å². The average Bonchev–Trinajstić information content (AvgIpc) is 2.35. The van der Waals surface area contributed by atoms with Gasteiger partial charge in [-0.15, -0.1) is 11.6 Å². The number of para-hydroxylation sites is 1. The van der Waals surface area contributed by atoms with E-state index in [9.17, 15) is 17.2 Å². The number of halogens is 3. The second-order valence-corrected chi connectivity index (χ2v) is 6.89. The number of rotatable bonds is 6. The Labute approximate surface area is 116 Å². The number of nitrogens with one attached hydrogen (secondary N) is 1. The highest BCUT2D eigenvalue weighted by Crippen LogP contribution is 2.26. The normalized spacial score (nSPS) is 13.8. The fourth-order valence-corrected chi connectivity index (χ4v) is 2.38. The van der Waals surface area contributed by atoms with Crippen molar-refractivity contribution in [2.24, 2.45) is 5.92 Å². The highest BCUT2D eigenvalue weighted by molar-refractivity contribution is 7.91. The van der Waals surface area contributed by atoms with E-state index in [1.807, 2.05) is 13.8 Å². The van der Waals surface area contributed by atoms with Crippen LogP contribution in [0.5, 0.6) is 0 Å². The van der Waals surface area contributed by atoms with Crippen LogP contribution in [0.4, 0.5) is 14.5 Å². The third-order valence-electron chi connectivity index (χ3n) is 2.64. The highest BCUT2D eigenvalue weighted by atomic mass is 35.5. The third kappa shape index (κ3) is 4.04. The monoisotopic (exact) mass is 311 g/mol. The molecule has 1 atom stereocenters. The minimum atomic E-state index is -4.61. The van der Waals surface area contributed by atoms with E-state index in [0.717, 1.165) is 6.07 Å². The Kier molecular flexibility index (Phi) is 5.55. The zero-order valence-electron chi connectivity index (χ0n) is 10.6. The molecule has 1 unspecified atom stereocenters. The first-order valence-electron chi connectivity index (χ1n) is 5.75. The number of alkyl halides is 3. The molecular weight excluding hydrogens is 296 g/mol. The zero-order valence-corrected chi connectivity index (χ0v) is 12.2. The van der Waals surface area contributed by atoms with Crippen LogP contribution in [0.3, 0.4) is 0 Å². The summed E-state index contributed by atoms with van der Waals surface area (Å²) in [5, 5.41) is 2.59. The smallest absolute Gasteiger partial charge is 0.341 e. The number of sulfone groups is 1. The van der Waals surface area contributed by atoms with Crippen LogP contribution < -0.4 is 5.32 Å². The largest absolute Gasteiger partial charge is 0.382 e. The maximum atomic E-state index is 12.6. The van der Waals surface area contributed by atoms with Crippen LogP contribution >= 0.6 is 11.6 Å². The predicted molar refractivity (Wildman–Crippen MR) is 72.6 cm³/mol. The summed E-state index contributed by atoms with van der Waals surface area (Å²) in [5.41, 5.74) is 0.147. The van der Waals surface area contributed by atoms with Gasteiger partial charge in [0.05, 0.1) is 16.0 Å². The number of hydrogen-bond donors (Lipinski definition) is 1. The van der Waals surface area contributed by atoms with Gasteiger partial charge in [0.2, 0.25) is 9.84 Å². The summed E-state index contributed by atoms with van der Waals surface area (Å²) in [5.74, 6) is -3.25. The van der Waals surface area contributed by atoms with E-state index in [1.165, 1.54) is 12.1 Å². The van der Waals surface area contributed by atoms with Crippen molar-refractivity contribution in [3.8, 4) is 0 Å². The molecule has 0 saturated carbocycles. The molecule has 108 valence electrons. The lowest BCUT2D eigenvalue weighted by atomic mass is 10.1. The van der Waals surface area contributed by atoms with Crippen LogP contribution in [0, 0.1) is 5.92 Å². The summed E-state index contributed by atoms with van der Waals surface area (Å²) in [6, 6.07) is 5.58. The van der Waals surface area contributed by atoms with Gasteiger partial charge in [-0.2, -0.15) is 8.78 Å². The number of hydrogen-bond acceptors (Lipinski definition) is 3. The van der Waals surface area contributed by atoms with E-state index in [2.05, 4.69) is 5.32 Å². The minimum Gasteiger partial charge on any atom is -0.382 e. The van der Waals surface area contributed by atoms with Gasteiger partial charge in [0.15, 0.2) is 0 Å². The van der Waals surface area contributed by atoms with E-state index in [0.29, 0.717) is 6.54 Å². The first-order chi connectivity index (χ1) is 8.76. The summed E-state index contributed by atoms with van der Waals surface area (Å²) in [4.78, 5) is -0.405. The molecule has 3 nitrogen and oxygen atoms in total. The number of anilines is 1. The highest BCUT2D eigenvalue weighted by Gasteiger charge is 2.29. The van der Waals surface area contributed by atoms with Gasteiger partial charge in [-0.25, -0.2) is 8.42 Å². The van der Waals surface area contributed by atoms with Crippen molar-refractivity contribution >= 4 is 27.1 Å². The van der Waals surface area contributed by atoms with Crippen LogP contribution in [0.15, 0.2) is 29.2 Å². The molecule has 1 aromatic carbocycles. The molecule has 1 rings (SSSR count). The standard InChI is InChI=1S/C12H16ClF2NO2S/c1-8(2)9(13)7-16-10-5-3-4-6-11(10)19(17,18)12(14)15/h3-6,8-9,12,16H,7H2,1-2H3. The quantitative estimate of drug-likeness (QED) is 0.819. The minimum absolute atomic E-state index is 0.147. The molecule has 19 heavy (non-hydrogen) atoms. The van der Waals surface area contributed by atoms with Crippen molar-refractivity contribution in [3.63, 3.8) is 0 Å². The number of benzene rings is 1. The van der Waals surface area contributed by atoms with Crippen molar-refractivity contribution in [1.29, 1.82) is 0 Å². The Balaban J connectivity index is 2.98. The molecule has 0 radical (unpaired) electrons. The Morgan fingerprint density at radius 1 is 1.26 bits per heavy atom. The second-order valence-electron chi connectivity index (χ2n) is 4.44. The topological polar surface area (TPSA) is 46.2 Å². The molecule has 0 amide bonds. The third-order valence-corrected chi connectivity index (χ3v) is 4.74. The van der Waals surface area contributed by atoms with Crippen LogP contribution in [0.2, 0.25) is 0 Å². The fraction of sp³-hybridized carbons (Fsp3) is 0.500. The SMILES string of the molecule is CC(C)C(Cl)CNc1ccccc1S(=O)(=O)C(F)F. The summed E-state index contributed by atoms with van der Waals surface area (Å²) in [6.45, 7) is 4.14. The van der Waals surface area contributed by atoms with Crippen LogP contribution in [-0.2, 0) is 9.84 Å². The molecule has 1 aromatic rings. The lowest BCUT2D eigenvalue weighted by molar-refractivity contribution is 0.235. The molecule has 0 spiro atoms. The van der Waals surface area contributed by atoms with Crippen molar-refractivity contribution in [2.75, 3.05) is 11.9 Å². The van der Waals surface area contributed by atoms with Crippen LogP contribution in [0.1, 0.15) is 13.8 Å². The van der Waals surface area contributed by atoms with Gasteiger partial charge in [-0.3, -0.25) is 0 Å². The van der Waals surface area contributed by atoms with E-state index in [1.54, 1.807) is 6.07 Å². The second kappa shape index (κ2) is 6.52. The molecular formula is C12H16ClF2NO2S. The Morgan fingerprint density at radius 3 is 2.37 bits per heavy atom. The van der Waals surface area contributed by atoms with Crippen molar-refractivity contribution in [2.45, 2.75) is 29.9 Å². The Bertz CT molecular complexity index is 520. The first kappa shape index (κ1) is 16.2. The molecule has 0 saturated heterocycles. The summed E-state index contributed by atoms with van der Waals surface area (Å²) >= 11 is 6.03. The van der Waals surface area contributed by atoms with Gasteiger partial charge in [0.1, 0.15) is 0 Å². The maximum Gasteiger partial charge on any atom is 0.341 e. The Hall–Kier alpha value is -0.880. The molecule has 1 N–H and O–H groups in total.